The summed E-state index contributed by atoms with van der Waals surface area (Å²) in [4.78, 5) is 23.3. The van der Waals surface area contributed by atoms with Crippen LogP contribution >= 0.6 is 0 Å². The molecule has 1 aliphatic heterocycles. The van der Waals surface area contributed by atoms with E-state index in [0.29, 0.717) is 25.3 Å². The number of nitrogens with zero attached hydrogens (tertiary/aromatic N) is 3. The van der Waals surface area contributed by atoms with Gasteiger partial charge in [-0.15, -0.1) is 0 Å². The predicted molar refractivity (Wildman–Crippen MR) is 121 cm³/mol. The van der Waals surface area contributed by atoms with Gasteiger partial charge in [-0.3, -0.25) is 9.79 Å². The van der Waals surface area contributed by atoms with Gasteiger partial charge in [0, 0.05) is 37.9 Å². The molecule has 7 N–H and O–H groups in total. The van der Waals surface area contributed by atoms with Gasteiger partial charge in [0.05, 0.1) is 17.1 Å². The van der Waals surface area contributed by atoms with Crippen LogP contribution < -0.4 is 22.5 Å². The Labute approximate surface area is 185 Å². The van der Waals surface area contributed by atoms with E-state index in [1.807, 2.05) is 4.90 Å². The van der Waals surface area contributed by atoms with Crippen LogP contribution in [0.15, 0.2) is 53.3 Å². The Bertz CT molecular complexity index is 1030. The summed E-state index contributed by atoms with van der Waals surface area (Å²) in [5.74, 6) is -0.705. The van der Waals surface area contributed by atoms with Crippen molar-refractivity contribution < 1.29 is 13.6 Å². The van der Waals surface area contributed by atoms with Crippen LogP contribution in [0.2, 0.25) is 0 Å². The van der Waals surface area contributed by atoms with Crippen molar-refractivity contribution in [1.29, 1.82) is 0 Å². The summed E-state index contributed by atoms with van der Waals surface area (Å²) < 4.78 is 28.2. The monoisotopic (exact) mass is 443 g/mol. The third kappa shape index (κ3) is 5.02. The quantitative estimate of drug-likeness (QED) is 0.420. The molecule has 2 unspecified atom stereocenters. The number of carbonyl (C=O) groups is 1. The van der Waals surface area contributed by atoms with Gasteiger partial charge in [-0.05, 0) is 37.1 Å². The second-order valence-corrected chi connectivity index (χ2v) is 7.44. The number of amides is 1. The highest BCUT2D eigenvalue weighted by molar-refractivity contribution is 6.06. The normalized spacial score (nSPS) is 20.1. The van der Waals surface area contributed by atoms with Gasteiger partial charge in [-0.2, -0.15) is 0 Å². The third-order valence-corrected chi connectivity index (χ3v) is 5.33. The van der Waals surface area contributed by atoms with E-state index in [9.17, 15) is 13.6 Å². The van der Waals surface area contributed by atoms with E-state index in [4.69, 9.17) is 17.2 Å². The van der Waals surface area contributed by atoms with E-state index < -0.39 is 23.9 Å². The molecular weight excluding hydrogens is 416 g/mol. The van der Waals surface area contributed by atoms with Crippen LogP contribution in [0.1, 0.15) is 23.3 Å². The summed E-state index contributed by atoms with van der Waals surface area (Å²) in [5.41, 5.74) is 18.3. The highest BCUT2D eigenvalue weighted by atomic mass is 19.1. The number of pyridine rings is 1. The van der Waals surface area contributed by atoms with Crippen molar-refractivity contribution >= 4 is 17.4 Å². The lowest BCUT2D eigenvalue weighted by molar-refractivity contribution is 0.0963. The topological polar surface area (TPSA) is 136 Å². The maximum atomic E-state index is 14.2. The smallest absolute Gasteiger partial charge is 0.276 e. The molecule has 0 radical (unpaired) electrons. The van der Waals surface area contributed by atoms with Crippen LogP contribution in [0.3, 0.4) is 0 Å². The molecule has 0 saturated carbocycles. The molecule has 1 fully saturated rings. The van der Waals surface area contributed by atoms with Gasteiger partial charge in [0.25, 0.3) is 5.91 Å². The molecule has 2 heterocycles. The van der Waals surface area contributed by atoms with Crippen molar-refractivity contribution in [3.05, 3.63) is 59.8 Å². The first kappa shape index (κ1) is 23.1. The molecule has 1 aliphatic rings. The second-order valence-electron chi connectivity index (χ2n) is 7.44. The van der Waals surface area contributed by atoms with Gasteiger partial charge in [-0.1, -0.05) is 12.1 Å². The SMILES string of the molecule is CN=C(/C(=C\N)NC(=O)c1nc(-c2ccccc2F)ccc1N)N1CCC(N)C(F)CC1. The summed E-state index contributed by atoms with van der Waals surface area (Å²) in [7, 11) is 1.55. The molecular formula is C22H27F2N7O. The van der Waals surface area contributed by atoms with Crippen LogP contribution in [-0.2, 0) is 0 Å². The predicted octanol–water partition coefficient (Wildman–Crippen LogP) is 1.79. The van der Waals surface area contributed by atoms with Gasteiger partial charge in [0.2, 0.25) is 0 Å². The Balaban J connectivity index is 1.83. The average Bonchev–Trinajstić information content (AvgIpc) is 2.95. The lowest BCUT2D eigenvalue weighted by Gasteiger charge is -2.26. The third-order valence-electron chi connectivity index (χ3n) is 5.33. The number of hydrogen-bond donors (Lipinski definition) is 4. The number of rotatable bonds is 4. The number of aromatic nitrogens is 1. The van der Waals surface area contributed by atoms with Gasteiger partial charge in [0.15, 0.2) is 5.69 Å². The molecule has 0 spiro atoms. The standard InChI is InChI=1S/C22H27F2N7O/c1-28-21(31-10-8-15(24)16(26)9-11-31)19(12-25)30-22(32)20-17(27)6-7-18(29-20)13-4-2-3-5-14(13)23/h2-7,12,15-16H,8-11,25-27H2,1H3,(H,30,32)/b19-12+,28-21?. The number of likely N-dealkylation sites (tertiary alicyclic amines) is 1. The van der Waals surface area contributed by atoms with Crippen molar-refractivity contribution in [1.82, 2.24) is 15.2 Å². The molecule has 10 heteroatoms. The summed E-state index contributed by atoms with van der Waals surface area (Å²) in [6, 6.07) is 8.58. The Morgan fingerprint density at radius 2 is 1.97 bits per heavy atom. The van der Waals surface area contributed by atoms with E-state index in [-0.39, 0.29) is 34.8 Å². The molecule has 1 amide bonds. The zero-order chi connectivity index (χ0) is 23.3. The number of carbonyl (C=O) groups excluding carboxylic acids is 1. The Hall–Kier alpha value is -3.53. The molecule has 8 nitrogen and oxygen atoms in total. The number of nitrogens with two attached hydrogens (primary N) is 3. The van der Waals surface area contributed by atoms with Gasteiger partial charge in [-0.25, -0.2) is 13.8 Å². The number of hydrogen-bond acceptors (Lipinski definition) is 6. The van der Waals surface area contributed by atoms with E-state index in [0.717, 1.165) is 0 Å². The zero-order valence-electron chi connectivity index (χ0n) is 17.8. The summed E-state index contributed by atoms with van der Waals surface area (Å²) in [5, 5.41) is 2.67. The van der Waals surface area contributed by atoms with Crippen LogP contribution in [0, 0.1) is 5.82 Å². The first-order valence-corrected chi connectivity index (χ1v) is 10.2. The molecule has 170 valence electrons. The second kappa shape index (κ2) is 10.2. The molecule has 2 aromatic rings. The molecule has 0 bridgehead atoms. The number of amidine groups is 1. The zero-order valence-corrected chi connectivity index (χ0v) is 17.8. The largest absolute Gasteiger partial charge is 0.403 e. The average molecular weight is 444 g/mol. The summed E-state index contributed by atoms with van der Waals surface area (Å²) in [6.07, 6.45) is 0.772. The van der Waals surface area contributed by atoms with Crippen LogP contribution in [0.25, 0.3) is 11.3 Å². The minimum Gasteiger partial charge on any atom is -0.403 e. The minimum atomic E-state index is -1.11. The maximum Gasteiger partial charge on any atom is 0.276 e. The number of benzene rings is 1. The minimum absolute atomic E-state index is 0.0812. The number of alkyl halides is 1. The number of halogens is 2. The number of aliphatic imine (C=N–C) groups is 1. The molecule has 1 aromatic carbocycles. The van der Waals surface area contributed by atoms with E-state index in [1.165, 1.54) is 24.4 Å². The molecule has 3 rings (SSSR count). The number of anilines is 1. The first-order chi connectivity index (χ1) is 15.3. The number of nitrogen functional groups attached to an aromatic ring is 1. The molecule has 32 heavy (non-hydrogen) atoms. The highest BCUT2D eigenvalue weighted by Gasteiger charge is 2.27. The van der Waals surface area contributed by atoms with Gasteiger partial charge >= 0.3 is 0 Å². The molecule has 0 aliphatic carbocycles. The fraction of sp³-hybridized carbons (Fsp3) is 0.318. The molecule has 1 saturated heterocycles. The Morgan fingerprint density at radius 3 is 2.66 bits per heavy atom. The fourth-order valence-electron chi connectivity index (χ4n) is 3.56. The van der Waals surface area contributed by atoms with Crippen molar-refractivity contribution in [2.45, 2.75) is 25.1 Å². The van der Waals surface area contributed by atoms with Crippen molar-refractivity contribution in [2.24, 2.45) is 16.5 Å². The van der Waals surface area contributed by atoms with Gasteiger partial charge < -0.3 is 27.4 Å². The fourth-order valence-corrected chi connectivity index (χ4v) is 3.56. The molecule has 2 atom stereocenters. The van der Waals surface area contributed by atoms with Crippen molar-refractivity contribution in [2.75, 3.05) is 25.9 Å². The summed E-state index contributed by atoms with van der Waals surface area (Å²) >= 11 is 0. The lowest BCUT2D eigenvalue weighted by Crippen LogP contribution is -2.40. The Morgan fingerprint density at radius 1 is 1.25 bits per heavy atom. The van der Waals surface area contributed by atoms with E-state index in [2.05, 4.69) is 15.3 Å². The van der Waals surface area contributed by atoms with Crippen molar-refractivity contribution in [3.63, 3.8) is 0 Å². The van der Waals surface area contributed by atoms with Gasteiger partial charge in [0.1, 0.15) is 17.8 Å². The summed E-state index contributed by atoms with van der Waals surface area (Å²) in [6.45, 7) is 0.836. The molecule has 1 aromatic heterocycles. The highest BCUT2D eigenvalue weighted by Crippen LogP contribution is 2.23. The van der Waals surface area contributed by atoms with Crippen molar-refractivity contribution in [3.8, 4) is 11.3 Å². The van der Waals surface area contributed by atoms with E-state index >= 15 is 0 Å². The first-order valence-electron chi connectivity index (χ1n) is 10.2. The maximum absolute atomic E-state index is 14.2. The van der Waals surface area contributed by atoms with E-state index in [1.54, 1.807) is 25.2 Å². The van der Waals surface area contributed by atoms with Crippen LogP contribution in [0.4, 0.5) is 14.5 Å². The Kier molecular flexibility index (Phi) is 7.37. The number of nitrogens with one attached hydrogen (secondary N) is 1. The van der Waals surface area contributed by atoms with Crippen LogP contribution in [-0.4, -0.2) is 54.0 Å². The van der Waals surface area contributed by atoms with Crippen LogP contribution in [0.5, 0.6) is 0 Å². The lowest BCUT2D eigenvalue weighted by atomic mass is 10.1.